The molecule has 96 valence electrons. The first-order valence-corrected chi connectivity index (χ1v) is 5.50. The fourth-order valence-electron chi connectivity index (χ4n) is 1.40. The SMILES string of the molecule is CC(C)(C)C(=O)OC1CC(C#N)C(C#N)C(=O)O1. The van der Waals surface area contributed by atoms with Crippen molar-refractivity contribution in [2.24, 2.45) is 17.3 Å². The van der Waals surface area contributed by atoms with Gasteiger partial charge >= 0.3 is 11.9 Å². The second-order valence-corrected chi connectivity index (χ2v) is 5.10. The van der Waals surface area contributed by atoms with Gasteiger partial charge in [-0.3, -0.25) is 9.59 Å². The number of cyclic esters (lactones) is 1. The molecule has 18 heavy (non-hydrogen) atoms. The topological polar surface area (TPSA) is 100 Å². The van der Waals surface area contributed by atoms with Crippen molar-refractivity contribution in [1.82, 2.24) is 0 Å². The number of esters is 2. The zero-order chi connectivity index (χ0) is 13.9. The van der Waals surface area contributed by atoms with Crippen LogP contribution in [0, 0.1) is 39.9 Å². The number of hydrogen-bond acceptors (Lipinski definition) is 6. The Hall–Kier alpha value is -2.08. The Morgan fingerprint density at radius 1 is 1.39 bits per heavy atom. The van der Waals surface area contributed by atoms with E-state index in [1.165, 1.54) is 0 Å². The van der Waals surface area contributed by atoms with Gasteiger partial charge in [0.2, 0.25) is 6.29 Å². The largest absolute Gasteiger partial charge is 0.425 e. The molecule has 1 aliphatic rings. The molecule has 6 heteroatoms. The number of nitriles is 2. The fourth-order valence-corrected chi connectivity index (χ4v) is 1.40. The Bertz CT molecular complexity index is 438. The Morgan fingerprint density at radius 2 is 2.00 bits per heavy atom. The Morgan fingerprint density at radius 3 is 2.44 bits per heavy atom. The van der Waals surface area contributed by atoms with E-state index in [1.807, 2.05) is 6.07 Å². The normalized spacial score (nSPS) is 27.6. The van der Waals surface area contributed by atoms with E-state index >= 15 is 0 Å². The number of carbonyl (C=O) groups excluding carboxylic acids is 2. The lowest BCUT2D eigenvalue weighted by Gasteiger charge is -2.29. The maximum atomic E-state index is 11.6. The second-order valence-electron chi connectivity index (χ2n) is 5.10. The molecule has 0 aromatic rings. The molecule has 0 bridgehead atoms. The van der Waals surface area contributed by atoms with Gasteiger partial charge in [0.25, 0.3) is 0 Å². The van der Waals surface area contributed by atoms with Crippen molar-refractivity contribution in [3.8, 4) is 12.1 Å². The van der Waals surface area contributed by atoms with Crippen LogP contribution in [0.1, 0.15) is 27.2 Å². The minimum absolute atomic E-state index is 0.0300. The molecule has 3 atom stereocenters. The van der Waals surface area contributed by atoms with Gasteiger partial charge in [-0.05, 0) is 20.8 Å². The Labute approximate surface area is 105 Å². The van der Waals surface area contributed by atoms with Gasteiger partial charge < -0.3 is 9.47 Å². The van der Waals surface area contributed by atoms with Gasteiger partial charge in [-0.2, -0.15) is 10.5 Å². The minimum atomic E-state index is -1.11. The highest BCUT2D eigenvalue weighted by Gasteiger charge is 2.41. The number of hydrogen-bond donors (Lipinski definition) is 0. The average Bonchev–Trinajstić information content (AvgIpc) is 2.26. The van der Waals surface area contributed by atoms with E-state index in [0.717, 1.165) is 0 Å². The summed E-state index contributed by atoms with van der Waals surface area (Å²) in [4.78, 5) is 23.1. The van der Waals surface area contributed by atoms with Crippen LogP contribution in [-0.4, -0.2) is 18.2 Å². The number of ether oxygens (including phenoxy) is 2. The molecule has 6 nitrogen and oxygen atoms in total. The van der Waals surface area contributed by atoms with Crippen LogP contribution in [0.3, 0.4) is 0 Å². The van der Waals surface area contributed by atoms with Gasteiger partial charge in [0.05, 0.1) is 23.5 Å². The van der Waals surface area contributed by atoms with Crippen LogP contribution in [0.4, 0.5) is 0 Å². The minimum Gasteiger partial charge on any atom is -0.425 e. The molecule has 1 fully saturated rings. The zero-order valence-electron chi connectivity index (χ0n) is 10.5. The molecule has 0 aliphatic carbocycles. The lowest BCUT2D eigenvalue weighted by atomic mass is 9.89. The molecule has 0 aromatic carbocycles. The summed E-state index contributed by atoms with van der Waals surface area (Å²) in [6, 6.07) is 3.58. The Balaban J connectivity index is 2.73. The first-order valence-electron chi connectivity index (χ1n) is 5.50. The molecule has 1 saturated heterocycles. The molecule has 1 aliphatic heterocycles. The highest BCUT2D eigenvalue weighted by atomic mass is 16.7. The van der Waals surface area contributed by atoms with E-state index in [2.05, 4.69) is 0 Å². The van der Waals surface area contributed by atoms with Gasteiger partial charge in [-0.1, -0.05) is 0 Å². The van der Waals surface area contributed by atoms with Crippen LogP contribution in [0.5, 0.6) is 0 Å². The maximum Gasteiger partial charge on any atom is 0.327 e. The number of carbonyl (C=O) groups is 2. The van der Waals surface area contributed by atoms with Gasteiger partial charge in [0.15, 0.2) is 5.92 Å². The summed E-state index contributed by atoms with van der Waals surface area (Å²) in [5, 5.41) is 17.6. The lowest BCUT2D eigenvalue weighted by Crippen LogP contribution is -2.40. The van der Waals surface area contributed by atoms with E-state index in [-0.39, 0.29) is 6.42 Å². The van der Waals surface area contributed by atoms with E-state index < -0.39 is 35.5 Å². The maximum absolute atomic E-state index is 11.6. The van der Waals surface area contributed by atoms with E-state index in [0.29, 0.717) is 0 Å². The highest BCUT2D eigenvalue weighted by Crippen LogP contribution is 2.28. The van der Waals surface area contributed by atoms with Crippen LogP contribution in [0.2, 0.25) is 0 Å². The van der Waals surface area contributed by atoms with Gasteiger partial charge in [-0.25, -0.2) is 0 Å². The number of nitrogens with zero attached hydrogens (tertiary/aromatic N) is 2. The van der Waals surface area contributed by atoms with Crippen molar-refractivity contribution in [1.29, 1.82) is 10.5 Å². The van der Waals surface area contributed by atoms with Crippen LogP contribution < -0.4 is 0 Å². The average molecular weight is 250 g/mol. The molecule has 1 heterocycles. The highest BCUT2D eigenvalue weighted by molar-refractivity contribution is 5.78. The Kier molecular flexibility index (Phi) is 3.93. The first-order chi connectivity index (χ1) is 8.29. The summed E-state index contributed by atoms with van der Waals surface area (Å²) in [6.07, 6.45) is -1.05. The molecule has 0 N–H and O–H groups in total. The quantitative estimate of drug-likeness (QED) is 0.646. The third-order valence-corrected chi connectivity index (χ3v) is 2.51. The summed E-state index contributed by atoms with van der Waals surface area (Å²) >= 11 is 0. The monoisotopic (exact) mass is 250 g/mol. The van der Waals surface area contributed by atoms with Crippen molar-refractivity contribution >= 4 is 11.9 Å². The molecular formula is C12H14N2O4. The molecule has 3 unspecified atom stereocenters. The fraction of sp³-hybridized carbons (Fsp3) is 0.667. The van der Waals surface area contributed by atoms with Gasteiger partial charge in [0, 0.05) is 6.42 Å². The second kappa shape index (κ2) is 5.05. The summed E-state index contributed by atoms with van der Waals surface area (Å²) in [7, 11) is 0. The van der Waals surface area contributed by atoms with Crippen molar-refractivity contribution in [2.45, 2.75) is 33.5 Å². The molecule has 0 spiro atoms. The third-order valence-electron chi connectivity index (χ3n) is 2.51. The number of rotatable bonds is 1. The third kappa shape index (κ3) is 2.98. The molecule has 1 rings (SSSR count). The summed E-state index contributed by atoms with van der Waals surface area (Å²) in [5.41, 5.74) is -0.722. The van der Waals surface area contributed by atoms with E-state index in [1.54, 1.807) is 26.8 Å². The van der Waals surface area contributed by atoms with E-state index in [9.17, 15) is 9.59 Å². The van der Waals surface area contributed by atoms with Crippen LogP contribution in [-0.2, 0) is 19.1 Å². The van der Waals surface area contributed by atoms with Crippen molar-refractivity contribution in [3.05, 3.63) is 0 Å². The van der Waals surface area contributed by atoms with Crippen LogP contribution >= 0.6 is 0 Å². The predicted molar refractivity (Wildman–Crippen MR) is 58.3 cm³/mol. The van der Waals surface area contributed by atoms with Crippen molar-refractivity contribution in [2.75, 3.05) is 0 Å². The lowest BCUT2D eigenvalue weighted by molar-refractivity contribution is -0.206. The van der Waals surface area contributed by atoms with Gasteiger partial charge in [-0.15, -0.1) is 0 Å². The van der Waals surface area contributed by atoms with Gasteiger partial charge in [0.1, 0.15) is 0 Å². The molecule has 0 saturated carbocycles. The van der Waals surface area contributed by atoms with E-state index in [4.69, 9.17) is 20.0 Å². The zero-order valence-corrected chi connectivity index (χ0v) is 10.5. The molecule has 0 radical (unpaired) electrons. The van der Waals surface area contributed by atoms with Crippen LogP contribution in [0.25, 0.3) is 0 Å². The molecular weight excluding hydrogens is 236 g/mol. The predicted octanol–water partition coefficient (Wildman–Crippen LogP) is 1.13. The van der Waals surface area contributed by atoms with Crippen LogP contribution in [0.15, 0.2) is 0 Å². The smallest absolute Gasteiger partial charge is 0.327 e. The summed E-state index contributed by atoms with van der Waals surface area (Å²) in [5.74, 6) is -3.26. The van der Waals surface area contributed by atoms with Crippen molar-refractivity contribution in [3.63, 3.8) is 0 Å². The molecule has 0 amide bonds. The standard InChI is InChI=1S/C12H14N2O4/c1-12(2,3)11(16)18-9-4-7(5-13)8(6-14)10(15)17-9/h7-9H,4H2,1-3H3. The van der Waals surface area contributed by atoms with Crippen molar-refractivity contribution < 1.29 is 19.1 Å². The first kappa shape index (κ1) is 14.0. The molecule has 0 aromatic heterocycles. The summed E-state index contributed by atoms with van der Waals surface area (Å²) in [6.45, 7) is 5.00. The summed E-state index contributed by atoms with van der Waals surface area (Å²) < 4.78 is 9.84.